The zero-order valence-electron chi connectivity index (χ0n) is 22.1. The van der Waals surface area contributed by atoms with Gasteiger partial charge in [-0.25, -0.2) is 8.42 Å². The molecule has 3 aromatic carbocycles. The molecular formula is C28H34O6S3. The van der Waals surface area contributed by atoms with E-state index in [1.54, 1.807) is 42.5 Å². The van der Waals surface area contributed by atoms with Crippen LogP contribution in [0.2, 0.25) is 0 Å². The Balaban J connectivity index is 1.99. The molecule has 0 aliphatic carbocycles. The summed E-state index contributed by atoms with van der Waals surface area (Å²) >= 11 is 1.35. The first-order chi connectivity index (χ1) is 16.9. The summed E-state index contributed by atoms with van der Waals surface area (Å²) in [4.78, 5) is 1.75. The highest BCUT2D eigenvalue weighted by atomic mass is 32.2. The highest BCUT2D eigenvalue weighted by molar-refractivity contribution is 7.99. The molecule has 0 aliphatic heterocycles. The third kappa shape index (κ3) is 6.96. The topological polar surface area (TPSA) is 97.7 Å². The van der Waals surface area contributed by atoms with Crippen molar-refractivity contribution < 1.29 is 26.1 Å². The highest BCUT2D eigenvalue weighted by Gasteiger charge is 2.33. The van der Waals surface area contributed by atoms with Gasteiger partial charge in [-0.05, 0) is 98.3 Å². The molecule has 0 amide bonds. The van der Waals surface area contributed by atoms with Crippen molar-refractivity contribution in [2.45, 2.75) is 84.0 Å². The smallest absolute Gasteiger partial charge is 0.294 e. The Kier molecular flexibility index (Phi) is 8.25. The van der Waals surface area contributed by atoms with Gasteiger partial charge in [-0.15, -0.1) is 0 Å². The van der Waals surface area contributed by atoms with Crippen LogP contribution in [0, 0.1) is 5.92 Å². The van der Waals surface area contributed by atoms with E-state index in [0.717, 1.165) is 15.4 Å². The molecule has 0 aliphatic rings. The molecule has 0 atom stereocenters. The van der Waals surface area contributed by atoms with Crippen LogP contribution in [0.3, 0.4) is 0 Å². The highest BCUT2D eigenvalue weighted by Crippen LogP contribution is 2.40. The van der Waals surface area contributed by atoms with Gasteiger partial charge in [-0.1, -0.05) is 45.5 Å². The molecule has 0 radical (unpaired) electrons. The van der Waals surface area contributed by atoms with Crippen molar-refractivity contribution in [3.63, 3.8) is 0 Å². The van der Waals surface area contributed by atoms with Gasteiger partial charge < -0.3 is 4.74 Å². The fraction of sp³-hybridized carbons (Fsp3) is 0.357. The average molecular weight is 563 g/mol. The van der Waals surface area contributed by atoms with Gasteiger partial charge in [0, 0.05) is 9.79 Å². The second-order valence-corrected chi connectivity index (χ2v) is 15.3. The minimum Gasteiger partial charge on any atom is -0.488 e. The number of benzene rings is 3. The van der Waals surface area contributed by atoms with E-state index in [2.05, 4.69) is 13.8 Å². The molecule has 0 heterocycles. The predicted octanol–water partition coefficient (Wildman–Crippen LogP) is 7.03. The molecule has 0 bridgehead atoms. The lowest BCUT2D eigenvalue weighted by Gasteiger charge is -2.32. The molecule has 0 fully saturated rings. The second kappa shape index (κ2) is 10.4. The minimum atomic E-state index is -4.26. The first-order valence-electron chi connectivity index (χ1n) is 11.9. The van der Waals surface area contributed by atoms with E-state index in [4.69, 9.17) is 9.29 Å². The zero-order chi connectivity index (χ0) is 27.8. The molecule has 200 valence electrons. The molecule has 1 N–H and O–H groups in total. The summed E-state index contributed by atoms with van der Waals surface area (Å²) in [5.41, 5.74) is -0.137. The quantitative estimate of drug-likeness (QED) is 0.294. The van der Waals surface area contributed by atoms with Gasteiger partial charge in [0.2, 0.25) is 9.84 Å². The summed E-state index contributed by atoms with van der Waals surface area (Å²) in [5, 5.41) is 0. The molecule has 3 rings (SSSR count). The molecule has 6 nitrogen and oxygen atoms in total. The van der Waals surface area contributed by atoms with Crippen LogP contribution in [0.25, 0.3) is 0 Å². The summed E-state index contributed by atoms with van der Waals surface area (Å²) in [5.74, 6) is 0.691. The second-order valence-electron chi connectivity index (χ2n) is 10.8. The SMILES string of the molecule is CC(C)C(C)(C)c1ccc(OC(C)(C)C)cc1S(=O)(=O)c1ccc(Sc2ccc(S(=O)(=O)O)cc2)cc1. The van der Waals surface area contributed by atoms with Crippen molar-refractivity contribution in [1.29, 1.82) is 0 Å². The van der Waals surface area contributed by atoms with E-state index < -0.39 is 31.0 Å². The molecule has 37 heavy (non-hydrogen) atoms. The number of hydrogen-bond donors (Lipinski definition) is 1. The van der Waals surface area contributed by atoms with E-state index in [1.165, 1.54) is 23.9 Å². The zero-order valence-corrected chi connectivity index (χ0v) is 24.6. The number of rotatable bonds is 8. The van der Waals surface area contributed by atoms with Crippen molar-refractivity contribution in [2.75, 3.05) is 0 Å². The van der Waals surface area contributed by atoms with Crippen molar-refractivity contribution in [1.82, 2.24) is 0 Å². The molecule has 0 saturated carbocycles. The van der Waals surface area contributed by atoms with E-state index in [1.807, 2.05) is 46.8 Å². The van der Waals surface area contributed by atoms with E-state index in [0.29, 0.717) is 5.75 Å². The third-order valence-electron chi connectivity index (χ3n) is 6.30. The van der Waals surface area contributed by atoms with Gasteiger partial charge in [0.25, 0.3) is 10.1 Å². The predicted molar refractivity (Wildman–Crippen MR) is 147 cm³/mol. The summed E-state index contributed by atoms with van der Waals surface area (Å²) in [7, 11) is -8.12. The molecule has 0 saturated heterocycles. The largest absolute Gasteiger partial charge is 0.488 e. The number of ether oxygens (including phenoxy) is 1. The molecule has 0 unspecified atom stereocenters. The fourth-order valence-electron chi connectivity index (χ4n) is 3.61. The van der Waals surface area contributed by atoms with Gasteiger partial charge in [0.05, 0.1) is 14.7 Å². The monoisotopic (exact) mass is 562 g/mol. The Hall–Kier alpha value is -2.33. The van der Waals surface area contributed by atoms with E-state index in [-0.39, 0.29) is 20.6 Å². The first-order valence-corrected chi connectivity index (χ1v) is 15.6. The normalized spacial score (nSPS) is 13.1. The fourth-order valence-corrected chi connectivity index (χ4v) is 6.55. The van der Waals surface area contributed by atoms with Crippen LogP contribution in [0.5, 0.6) is 5.75 Å². The van der Waals surface area contributed by atoms with Crippen LogP contribution in [0.15, 0.2) is 91.2 Å². The van der Waals surface area contributed by atoms with Gasteiger partial charge in [-0.3, -0.25) is 4.55 Å². The maximum Gasteiger partial charge on any atom is 0.294 e. The van der Waals surface area contributed by atoms with Crippen LogP contribution < -0.4 is 4.74 Å². The lowest BCUT2D eigenvalue weighted by atomic mass is 9.75. The molecule has 0 aromatic heterocycles. The van der Waals surface area contributed by atoms with Crippen LogP contribution in [0.4, 0.5) is 0 Å². The van der Waals surface area contributed by atoms with Crippen LogP contribution in [-0.4, -0.2) is 27.0 Å². The maximum atomic E-state index is 13.9. The Labute approximate surface area is 225 Å². The number of hydrogen-bond acceptors (Lipinski definition) is 6. The van der Waals surface area contributed by atoms with Crippen molar-refractivity contribution in [3.8, 4) is 5.75 Å². The average Bonchev–Trinajstić information content (AvgIpc) is 2.78. The number of sulfone groups is 1. The van der Waals surface area contributed by atoms with Crippen LogP contribution in [-0.2, 0) is 25.4 Å². The van der Waals surface area contributed by atoms with Crippen molar-refractivity contribution in [3.05, 3.63) is 72.3 Å². The lowest BCUT2D eigenvalue weighted by Crippen LogP contribution is -2.27. The Bertz CT molecular complexity index is 1460. The standard InChI is InChI=1S/C28H34O6S3/c1-19(2)28(6,7)25-17-8-20(34-27(3,4)5)18-26(25)36(29,30)23-13-9-21(10-14-23)35-22-11-15-24(16-12-22)37(31,32)33/h8-19H,1-7H3,(H,31,32,33). The van der Waals surface area contributed by atoms with Gasteiger partial charge in [-0.2, -0.15) is 8.42 Å². The Morgan fingerprint density at radius 3 is 1.68 bits per heavy atom. The summed E-state index contributed by atoms with van der Waals surface area (Å²) in [6.45, 7) is 14.0. The van der Waals surface area contributed by atoms with E-state index in [9.17, 15) is 16.8 Å². The Morgan fingerprint density at radius 2 is 1.24 bits per heavy atom. The molecule has 9 heteroatoms. The molecule has 0 spiro atoms. The molecule has 3 aromatic rings. The van der Waals surface area contributed by atoms with Gasteiger partial charge in [0.1, 0.15) is 11.4 Å². The van der Waals surface area contributed by atoms with E-state index >= 15 is 0 Å². The van der Waals surface area contributed by atoms with Gasteiger partial charge in [0.15, 0.2) is 0 Å². The van der Waals surface area contributed by atoms with Crippen molar-refractivity contribution >= 4 is 31.7 Å². The summed E-state index contributed by atoms with van der Waals surface area (Å²) < 4.78 is 65.4. The van der Waals surface area contributed by atoms with Crippen LogP contribution in [0.1, 0.15) is 54.0 Å². The summed E-state index contributed by atoms with van der Waals surface area (Å²) in [6.07, 6.45) is 0. The Morgan fingerprint density at radius 1 is 0.757 bits per heavy atom. The third-order valence-corrected chi connectivity index (χ3v) is 9.99. The maximum absolute atomic E-state index is 13.9. The van der Waals surface area contributed by atoms with Crippen molar-refractivity contribution in [2.24, 2.45) is 5.92 Å². The first kappa shape index (κ1) is 29.2. The van der Waals surface area contributed by atoms with Gasteiger partial charge >= 0.3 is 0 Å². The lowest BCUT2D eigenvalue weighted by molar-refractivity contribution is 0.130. The van der Waals surface area contributed by atoms with Crippen LogP contribution >= 0.6 is 11.8 Å². The molecular weight excluding hydrogens is 529 g/mol. The minimum absolute atomic E-state index is 0.173. The summed E-state index contributed by atoms with van der Waals surface area (Å²) in [6, 6.07) is 17.7.